The molecule has 2 N–H and O–H groups in total. The Hall–Kier alpha value is -2.22. The van der Waals surface area contributed by atoms with Gasteiger partial charge in [0.15, 0.2) is 0 Å². The summed E-state index contributed by atoms with van der Waals surface area (Å²) < 4.78 is 25.0. The SMILES string of the molecule is Cc1ccc(S(=O)(=O)n2c(N)nc(C)nc2=O)cc1. The molecule has 0 saturated carbocycles. The molecule has 0 unspecified atom stereocenters. The molecule has 0 atom stereocenters. The first-order valence-corrected chi connectivity index (χ1v) is 6.82. The molecule has 2 rings (SSSR count). The van der Waals surface area contributed by atoms with Gasteiger partial charge in [-0.15, -0.1) is 3.97 Å². The highest BCUT2D eigenvalue weighted by molar-refractivity contribution is 7.90. The van der Waals surface area contributed by atoms with Crippen LogP contribution < -0.4 is 11.4 Å². The van der Waals surface area contributed by atoms with Crippen molar-refractivity contribution >= 4 is 16.0 Å². The van der Waals surface area contributed by atoms with Gasteiger partial charge in [-0.2, -0.15) is 9.97 Å². The average molecular weight is 280 g/mol. The Labute approximate surface area is 109 Å². The van der Waals surface area contributed by atoms with Crippen LogP contribution in [0.5, 0.6) is 0 Å². The number of aryl methyl sites for hydroxylation is 2. The smallest absolute Gasteiger partial charge is 0.366 e. The van der Waals surface area contributed by atoms with E-state index in [0.29, 0.717) is 3.97 Å². The van der Waals surface area contributed by atoms with E-state index >= 15 is 0 Å². The highest BCUT2D eigenvalue weighted by Gasteiger charge is 2.22. The Morgan fingerprint density at radius 2 is 1.68 bits per heavy atom. The van der Waals surface area contributed by atoms with E-state index in [9.17, 15) is 13.2 Å². The molecule has 0 aliphatic carbocycles. The zero-order valence-corrected chi connectivity index (χ0v) is 11.2. The first-order valence-electron chi connectivity index (χ1n) is 5.38. The predicted octanol–water partition coefficient (Wildman–Crippen LogP) is 0.0743. The van der Waals surface area contributed by atoms with Crippen LogP contribution in [0, 0.1) is 13.8 Å². The molecule has 2 aromatic rings. The normalized spacial score (nSPS) is 11.5. The number of rotatable bonds is 2. The fourth-order valence-electron chi connectivity index (χ4n) is 1.56. The van der Waals surface area contributed by atoms with E-state index in [-0.39, 0.29) is 10.7 Å². The van der Waals surface area contributed by atoms with Crippen molar-refractivity contribution in [3.63, 3.8) is 0 Å². The van der Waals surface area contributed by atoms with Crippen LogP contribution in [0.15, 0.2) is 34.0 Å². The molecule has 1 aromatic carbocycles. The zero-order valence-electron chi connectivity index (χ0n) is 10.4. The molecular weight excluding hydrogens is 268 g/mol. The molecule has 0 bridgehead atoms. The minimum Gasteiger partial charge on any atom is -0.368 e. The molecule has 1 aromatic heterocycles. The van der Waals surface area contributed by atoms with Crippen molar-refractivity contribution in [2.24, 2.45) is 0 Å². The highest BCUT2D eigenvalue weighted by Crippen LogP contribution is 2.14. The minimum atomic E-state index is -4.08. The Bertz CT molecular complexity index is 779. The lowest BCUT2D eigenvalue weighted by atomic mass is 10.2. The first kappa shape index (κ1) is 13.2. The molecule has 0 spiro atoms. The van der Waals surface area contributed by atoms with Crippen LogP contribution in [0.2, 0.25) is 0 Å². The molecule has 19 heavy (non-hydrogen) atoms. The second-order valence-electron chi connectivity index (χ2n) is 3.99. The first-order chi connectivity index (χ1) is 8.82. The number of nitrogens with zero attached hydrogens (tertiary/aromatic N) is 3. The molecule has 0 aliphatic heterocycles. The number of nitrogen functional groups attached to an aromatic ring is 1. The Balaban J connectivity index is 2.70. The van der Waals surface area contributed by atoms with Crippen molar-refractivity contribution in [2.45, 2.75) is 18.7 Å². The Morgan fingerprint density at radius 1 is 1.11 bits per heavy atom. The molecule has 0 aliphatic rings. The van der Waals surface area contributed by atoms with E-state index in [1.807, 2.05) is 6.92 Å². The van der Waals surface area contributed by atoms with Crippen LogP contribution in [0.1, 0.15) is 11.4 Å². The van der Waals surface area contributed by atoms with Crippen LogP contribution in [0.3, 0.4) is 0 Å². The van der Waals surface area contributed by atoms with Gasteiger partial charge >= 0.3 is 5.69 Å². The number of hydrogen-bond acceptors (Lipinski definition) is 6. The van der Waals surface area contributed by atoms with Crippen LogP contribution in [0.4, 0.5) is 5.95 Å². The van der Waals surface area contributed by atoms with E-state index in [0.717, 1.165) is 5.56 Å². The monoisotopic (exact) mass is 280 g/mol. The van der Waals surface area contributed by atoms with Gasteiger partial charge < -0.3 is 5.73 Å². The van der Waals surface area contributed by atoms with Crippen molar-refractivity contribution in [1.29, 1.82) is 0 Å². The topological polar surface area (TPSA) is 108 Å². The van der Waals surface area contributed by atoms with Gasteiger partial charge in [0, 0.05) is 0 Å². The minimum absolute atomic E-state index is 0.0423. The van der Waals surface area contributed by atoms with Crippen LogP contribution >= 0.6 is 0 Å². The summed E-state index contributed by atoms with van der Waals surface area (Å²) in [4.78, 5) is 18.8. The van der Waals surface area contributed by atoms with Crippen molar-refractivity contribution < 1.29 is 8.42 Å². The van der Waals surface area contributed by atoms with Gasteiger partial charge in [0.25, 0.3) is 10.0 Å². The van der Waals surface area contributed by atoms with E-state index in [1.165, 1.54) is 19.1 Å². The number of anilines is 1. The second kappa shape index (κ2) is 4.47. The maximum atomic E-state index is 12.3. The van der Waals surface area contributed by atoms with Crippen molar-refractivity contribution in [3.8, 4) is 0 Å². The lowest BCUT2D eigenvalue weighted by Crippen LogP contribution is -2.33. The second-order valence-corrected chi connectivity index (χ2v) is 5.78. The summed E-state index contributed by atoms with van der Waals surface area (Å²) in [7, 11) is -4.08. The number of aromatic nitrogens is 3. The molecule has 0 amide bonds. The maximum Gasteiger partial charge on any atom is 0.366 e. The molecule has 8 heteroatoms. The standard InChI is InChI=1S/C11H12N4O3S/c1-7-3-5-9(6-4-7)19(17,18)15-10(12)13-8(2)14-11(15)16/h3-6H,1-2H3,(H2,12,13,14,16). The molecule has 1 heterocycles. The van der Waals surface area contributed by atoms with E-state index in [1.54, 1.807) is 12.1 Å². The van der Waals surface area contributed by atoms with Gasteiger partial charge in [-0.25, -0.2) is 13.2 Å². The predicted molar refractivity (Wildman–Crippen MR) is 69.2 cm³/mol. The molecule has 0 radical (unpaired) electrons. The Morgan fingerprint density at radius 3 is 2.21 bits per heavy atom. The third kappa shape index (κ3) is 2.34. The van der Waals surface area contributed by atoms with Gasteiger partial charge in [0.2, 0.25) is 5.95 Å². The third-order valence-electron chi connectivity index (χ3n) is 2.47. The van der Waals surface area contributed by atoms with Crippen molar-refractivity contribution in [3.05, 3.63) is 46.1 Å². The summed E-state index contributed by atoms with van der Waals surface area (Å²) in [6, 6.07) is 6.05. The molecular formula is C11H12N4O3S. The van der Waals surface area contributed by atoms with E-state index in [4.69, 9.17) is 5.73 Å². The average Bonchev–Trinajstić information content (AvgIpc) is 2.27. The van der Waals surface area contributed by atoms with Gasteiger partial charge in [-0.05, 0) is 26.0 Å². The maximum absolute atomic E-state index is 12.3. The van der Waals surface area contributed by atoms with E-state index < -0.39 is 21.7 Å². The summed E-state index contributed by atoms with van der Waals surface area (Å²) >= 11 is 0. The molecule has 0 fully saturated rings. The van der Waals surface area contributed by atoms with Gasteiger partial charge in [0.05, 0.1) is 4.90 Å². The fraction of sp³-hybridized carbons (Fsp3) is 0.182. The molecule has 7 nitrogen and oxygen atoms in total. The summed E-state index contributed by atoms with van der Waals surface area (Å²) in [5, 5.41) is 0. The van der Waals surface area contributed by atoms with Crippen molar-refractivity contribution in [2.75, 3.05) is 5.73 Å². The Kier molecular flexibility index (Phi) is 3.11. The quantitative estimate of drug-likeness (QED) is 0.834. The highest BCUT2D eigenvalue weighted by atomic mass is 32.2. The van der Waals surface area contributed by atoms with Crippen LogP contribution in [-0.4, -0.2) is 22.4 Å². The summed E-state index contributed by atoms with van der Waals surface area (Å²) in [6.45, 7) is 3.28. The number of benzene rings is 1. The number of nitrogens with two attached hydrogens (primary N) is 1. The lowest BCUT2D eigenvalue weighted by molar-refractivity contribution is 0.583. The molecule has 0 saturated heterocycles. The fourth-order valence-corrected chi connectivity index (χ4v) is 2.78. The largest absolute Gasteiger partial charge is 0.368 e. The molecule has 100 valence electrons. The van der Waals surface area contributed by atoms with E-state index in [2.05, 4.69) is 9.97 Å². The summed E-state index contributed by atoms with van der Waals surface area (Å²) in [6.07, 6.45) is 0. The summed E-state index contributed by atoms with van der Waals surface area (Å²) in [5.74, 6) is -0.282. The van der Waals surface area contributed by atoms with Gasteiger partial charge in [-0.1, -0.05) is 17.7 Å². The van der Waals surface area contributed by atoms with Crippen molar-refractivity contribution in [1.82, 2.24) is 13.9 Å². The zero-order chi connectivity index (χ0) is 14.2. The van der Waals surface area contributed by atoms with Crippen LogP contribution in [0.25, 0.3) is 0 Å². The summed E-state index contributed by atoms with van der Waals surface area (Å²) in [5.41, 5.74) is 5.44. The van der Waals surface area contributed by atoms with Gasteiger partial charge in [-0.3, -0.25) is 0 Å². The van der Waals surface area contributed by atoms with Gasteiger partial charge in [0.1, 0.15) is 5.82 Å². The number of hydrogen-bond donors (Lipinski definition) is 1. The lowest BCUT2D eigenvalue weighted by Gasteiger charge is -2.09. The van der Waals surface area contributed by atoms with Crippen LogP contribution in [-0.2, 0) is 10.0 Å². The third-order valence-corrected chi connectivity index (χ3v) is 4.17.